The van der Waals surface area contributed by atoms with Crippen LogP contribution in [0.5, 0.6) is 0 Å². The summed E-state index contributed by atoms with van der Waals surface area (Å²) >= 11 is 0. The van der Waals surface area contributed by atoms with E-state index in [0.29, 0.717) is 24.5 Å². The molecular formula is C14H18O2. The maximum atomic E-state index is 11.5. The van der Waals surface area contributed by atoms with Gasteiger partial charge in [-0.3, -0.25) is 0 Å². The molecule has 0 spiro atoms. The predicted molar refractivity (Wildman–Crippen MR) is 64.8 cm³/mol. The van der Waals surface area contributed by atoms with Crippen molar-refractivity contribution < 1.29 is 9.53 Å². The van der Waals surface area contributed by atoms with Crippen molar-refractivity contribution in [2.24, 2.45) is 5.92 Å². The molecule has 0 saturated heterocycles. The van der Waals surface area contributed by atoms with E-state index in [1.165, 1.54) is 0 Å². The summed E-state index contributed by atoms with van der Waals surface area (Å²) in [6.45, 7) is 8.15. The van der Waals surface area contributed by atoms with Crippen LogP contribution < -0.4 is 0 Å². The largest absolute Gasteiger partial charge is 0.457 e. The lowest BCUT2D eigenvalue weighted by molar-refractivity contribution is -0.140. The zero-order chi connectivity index (χ0) is 12.0. The van der Waals surface area contributed by atoms with Gasteiger partial charge in [0.05, 0.1) is 0 Å². The highest BCUT2D eigenvalue weighted by Crippen LogP contribution is 2.11. The molecule has 1 aromatic rings. The van der Waals surface area contributed by atoms with Crippen molar-refractivity contribution in [1.82, 2.24) is 0 Å². The number of benzene rings is 1. The molecule has 1 rings (SSSR count). The number of rotatable bonds is 5. The number of hydrogen-bond acceptors (Lipinski definition) is 2. The van der Waals surface area contributed by atoms with Gasteiger partial charge in [0.25, 0.3) is 0 Å². The summed E-state index contributed by atoms with van der Waals surface area (Å²) in [4.78, 5) is 11.5. The fourth-order valence-electron chi connectivity index (χ4n) is 1.40. The Hall–Kier alpha value is -1.57. The van der Waals surface area contributed by atoms with E-state index in [2.05, 4.69) is 20.4 Å². The van der Waals surface area contributed by atoms with Gasteiger partial charge in [-0.25, -0.2) is 4.79 Å². The minimum Gasteiger partial charge on any atom is -0.457 e. The molecule has 86 valence electrons. The number of hydrogen-bond donors (Lipinski definition) is 0. The van der Waals surface area contributed by atoms with Gasteiger partial charge in [-0.05, 0) is 17.9 Å². The van der Waals surface area contributed by atoms with E-state index < -0.39 is 0 Å². The topological polar surface area (TPSA) is 26.3 Å². The molecule has 0 aromatic heterocycles. The minimum atomic E-state index is -0.294. The van der Waals surface area contributed by atoms with E-state index in [1.54, 1.807) is 0 Å². The van der Waals surface area contributed by atoms with Crippen molar-refractivity contribution in [3.8, 4) is 0 Å². The lowest BCUT2D eigenvalue weighted by atomic mass is 10.1. The van der Waals surface area contributed by atoms with E-state index in [4.69, 9.17) is 4.74 Å². The minimum absolute atomic E-state index is 0.294. The summed E-state index contributed by atoms with van der Waals surface area (Å²) < 4.78 is 5.15. The van der Waals surface area contributed by atoms with Gasteiger partial charge in [0.15, 0.2) is 0 Å². The van der Waals surface area contributed by atoms with Crippen LogP contribution in [0.25, 0.3) is 0 Å². The summed E-state index contributed by atoms with van der Waals surface area (Å²) in [5, 5.41) is 0. The highest BCUT2D eigenvalue weighted by Gasteiger charge is 2.10. The van der Waals surface area contributed by atoms with Crippen LogP contribution in [0.1, 0.15) is 25.8 Å². The van der Waals surface area contributed by atoms with E-state index in [0.717, 1.165) is 5.56 Å². The van der Waals surface area contributed by atoms with Gasteiger partial charge in [-0.15, -0.1) is 0 Å². The average molecular weight is 218 g/mol. The fourth-order valence-corrected chi connectivity index (χ4v) is 1.40. The summed E-state index contributed by atoms with van der Waals surface area (Å²) in [6.07, 6.45) is 0.688. The Morgan fingerprint density at radius 1 is 1.31 bits per heavy atom. The van der Waals surface area contributed by atoms with E-state index in [1.807, 2.05) is 30.3 Å². The van der Waals surface area contributed by atoms with Crippen molar-refractivity contribution in [3.63, 3.8) is 0 Å². The molecule has 0 bridgehead atoms. The number of carbonyl (C=O) groups excluding carboxylic acids is 1. The Morgan fingerprint density at radius 2 is 1.94 bits per heavy atom. The number of esters is 1. The molecule has 0 radical (unpaired) electrons. The molecule has 0 amide bonds. The fraction of sp³-hybridized carbons (Fsp3) is 0.357. The van der Waals surface area contributed by atoms with Gasteiger partial charge < -0.3 is 4.74 Å². The third-order valence-corrected chi connectivity index (χ3v) is 2.16. The first-order valence-electron chi connectivity index (χ1n) is 5.48. The molecule has 0 aliphatic carbocycles. The zero-order valence-electron chi connectivity index (χ0n) is 9.90. The normalized spacial score (nSPS) is 10.2. The van der Waals surface area contributed by atoms with E-state index in [9.17, 15) is 4.79 Å². The van der Waals surface area contributed by atoms with Crippen LogP contribution in [0.4, 0.5) is 0 Å². The lowest BCUT2D eigenvalue weighted by Crippen LogP contribution is -2.08. The molecule has 0 aliphatic heterocycles. The summed E-state index contributed by atoms with van der Waals surface area (Å²) in [6, 6.07) is 9.64. The van der Waals surface area contributed by atoms with Crippen LogP contribution in [0.3, 0.4) is 0 Å². The summed E-state index contributed by atoms with van der Waals surface area (Å²) in [5.41, 5.74) is 1.54. The monoisotopic (exact) mass is 218 g/mol. The Labute approximate surface area is 96.9 Å². The van der Waals surface area contributed by atoms with Crippen LogP contribution in [0.15, 0.2) is 42.5 Å². The van der Waals surface area contributed by atoms with Crippen molar-refractivity contribution in [1.29, 1.82) is 0 Å². The molecule has 0 saturated carbocycles. The smallest absolute Gasteiger partial charge is 0.333 e. The van der Waals surface area contributed by atoms with Crippen molar-refractivity contribution in [3.05, 3.63) is 48.0 Å². The highest BCUT2D eigenvalue weighted by atomic mass is 16.5. The lowest BCUT2D eigenvalue weighted by Gasteiger charge is -2.08. The molecule has 2 heteroatoms. The Morgan fingerprint density at radius 3 is 2.50 bits per heavy atom. The number of carbonyl (C=O) groups is 1. The Balaban J connectivity index is 2.38. The molecule has 0 unspecified atom stereocenters. The third kappa shape index (κ3) is 4.30. The summed E-state index contributed by atoms with van der Waals surface area (Å²) in [5.74, 6) is 0.134. The Kier molecular flexibility index (Phi) is 4.77. The van der Waals surface area contributed by atoms with Gasteiger partial charge >= 0.3 is 5.97 Å². The molecule has 0 heterocycles. The first-order valence-corrected chi connectivity index (χ1v) is 5.48. The second kappa shape index (κ2) is 6.11. The first kappa shape index (κ1) is 12.5. The quantitative estimate of drug-likeness (QED) is 0.559. The molecular weight excluding hydrogens is 200 g/mol. The first-order chi connectivity index (χ1) is 7.59. The van der Waals surface area contributed by atoms with Crippen molar-refractivity contribution in [2.45, 2.75) is 26.9 Å². The molecule has 0 atom stereocenters. The van der Waals surface area contributed by atoms with Crippen LogP contribution in [-0.2, 0) is 16.1 Å². The molecule has 0 aliphatic rings. The SMILES string of the molecule is C=C(CC(C)C)C(=O)OCc1ccccc1. The second-order valence-corrected chi connectivity index (χ2v) is 4.26. The van der Waals surface area contributed by atoms with E-state index >= 15 is 0 Å². The van der Waals surface area contributed by atoms with Crippen LogP contribution in [0, 0.1) is 5.92 Å². The van der Waals surface area contributed by atoms with Gasteiger partial charge in [0.2, 0.25) is 0 Å². The third-order valence-electron chi connectivity index (χ3n) is 2.16. The maximum absolute atomic E-state index is 11.5. The standard InChI is InChI=1S/C14H18O2/c1-11(2)9-12(3)14(15)16-10-13-7-5-4-6-8-13/h4-8,11H,3,9-10H2,1-2H3. The molecule has 0 fully saturated rings. The van der Waals surface area contributed by atoms with Gasteiger partial charge in [0.1, 0.15) is 6.61 Å². The highest BCUT2D eigenvalue weighted by molar-refractivity contribution is 5.87. The van der Waals surface area contributed by atoms with E-state index in [-0.39, 0.29) is 5.97 Å². The van der Waals surface area contributed by atoms with Crippen molar-refractivity contribution >= 4 is 5.97 Å². The van der Waals surface area contributed by atoms with Crippen LogP contribution >= 0.6 is 0 Å². The number of ether oxygens (including phenoxy) is 1. The summed E-state index contributed by atoms with van der Waals surface area (Å²) in [7, 11) is 0. The molecule has 1 aromatic carbocycles. The molecule has 2 nitrogen and oxygen atoms in total. The van der Waals surface area contributed by atoms with Crippen LogP contribution in [0.2, 0.25) is 0 Å². The molecule has 0 N–H and O–H groups in total. The van der Waals surface area contributed by atoms with Crippen molar-refractivity contribution in [2.75, 3.05) is 0 Å². The maximum Gasteiger partial charge on any atom is 0.333 e. The van der Waals surface area contributed by atoms with Gasteiger partial charge in [-0.1, -0.05) is 50.8 Å². The van der Waals surface area contributed by atoms with Crippen LogP contribution in [-0.4, -0.2) is 5.97 Å². The second-order valence-electron chi connectivity index (χ2n) is 4.26. The van der Waals surface area contributed by atoms with Gasteiger partial charge in [-0.2, -0.15) is 0 Å². The predicted octanol–water partition coefficient (Wildman–Crippen LogP) is 3.33. The average Bonchev–Trinajstić information content (AvgIpc) is 2.26. The molecule has 16 heavy (non-hydrogen) atoms. The van der Waals surface area contributed by atoms with Gasteiger partial charge in [0, 0.05) is 5.57 Å². The Bertz CT molecular complexity index is 352. The zero-order valence-corrected chi connectivity index (χ0v) is 9.90.